The first-order chi connectivity index (χ1) is 7.63. The molecule has 0 saturated carbocycles. The van der Waals surface area contributed by atoms with E-state index in [1.54, 1.807) is 13.1 Å². The second kappa shape index (κ2) is 5.90. The Hall–Kier alpha value is -1.84. The Morgan fingerprint density at radius 3 is 2.50 bits per heavy atom. The van der Waals surface area contributed by atoms with Gasteiger partial charge in [0.2, 0.25) is 5.91 Å². The maximum absolute atomic E-state index is 10.9. The van der Waals surface area contributed by atoms with Crippen LogP contribution in [0.15, 0.2) is 29.4 Å². The molecule has 0 bridgehead atoms. The summed E-state index contributed by atoms with van der Waals surface area (Å²) in [4.78, 5) is 12.9. The minimum atomic E-state index is -0.0823. The van der Waals surface area contributed by atoms with Crippen LogP contribution in [0.3, 0.4) is 0 Å². The lowest BCUT2D eigenvalue weighted by atomic mass is 10.2. The SMILES string of the molecule is CCC(=O)N/N=C\c1ccc(N(C)C)cc1. The highest BCUT2D eigenvalue weighted by Gasteiger charge is 1.94. The van der Waals surface area contributed by atoms with Crippen LogP contribution in [0.25, 0.3) is 0 Å². The van der Waals surface area contributed by atoms with Gasteiger partial charge >= 0.3 is 0 Å². The maximum Gasteiger partial charge on any atom is 0.239 e. The predicted molar refractivity (Wildman–Crippen MR) is 66.8 cm³/mol. The number of hydrazone groups is 1. The number of carbonyl (C=O) groups excluding carboxylic acids is 1. The van der Waals surface area contributed by atoms with Crippen molar-refractivity contribution >= 4 is 17.8 Å². The minimum absolute atomic E-state index is 0.0823. The average molecular weight is 219 g/mol. The summed E-state index contributed by atoms with van der Waals surface area (Å²) in [6, 6.07) is 7.92. The van der Waals surface area contributed by atoms with Crippen LogP contribution in [-0.2, 0) is 4.79 Å². The van der Waals surface area contributed by atoms with E-state index in [1.165, 1.54) is 0 Å². The number of anilines is 1. The van der Waals surface area contributed by atoms with Gasteiger partial charge in [0.1, 0.15) is 0 Å². The molecule has 1 rings (SSSR count). The molecule has 0 unspecified atom stereocenters. The molecule has 1 aromatic rings. The predicted octanol–water partition coefficient (Wildman–Crippen LogP) is 1.61. The molecule has 86 valence electrons. The summed E-state index contributed by atoms with van der Waals surface area (Å²) in [5, 5.41) is 3.85. The van der Waals surface area contributed by atoms with Crippen LogP contribution in [-0.4, -0.2) is 26.2 Å². The van der Waals surface area contributed by atoms with Gasteiger partial charge in [0, 0.05) is 26.2 Å². The Morgan fingerprint density at radius 1 is 1.38 bits per heavy atom. The van der Waals surface area contributed by atoms with E-state index in [-0.39, 0.29) is 5.91 Å². The number of nitrogens with zero attached hydrogens (tertiary/aromatic N) is 2. The molecule has 0 spiro atoms. The van der Waals surface area contributed by atoms with Crippen LogP contribution >= 0.6 is 0 Å². The molecular weight excluding hydrogens is 202 g/mol. The lowest BCUT2D eigenvalue weighted by molar-refractivity contribution is -0.120. The van der Waals surface area contributed by atoms with Crippen molar-refractivity contribution in [2.75, 3.05) is 19.0 Å². The Balaban J connectivity index is 2.58. The molecule has 1 amide bonds. The molecule has 16 heavy (non-hydrogen) atoms. The lowest BCUT2D eigenvalue weighted by Gasteiger charge is -2.11. The molecule has 4 nitrogen and oxygen atoms in total. The summed E-state index contributed by atoms with van der Waals surface area (Å²) in [6.45, 7) is 1.79. The van der Waals surface area contributed by atoms with E-state index in [9.17, 15) is 4.79 Å². The number of amides is 1. The van der Waals surface area contributed by atoms with E-state index in [0.29, 0.717) is 6.42 Å². The summed E-state index contributed by atoms with van der Waals surface area (Å²) in [7, 11) is 3.98. The van der Waals surface area contributed by atoms with Crippen LogP contribution in [0.4, 0.5) is 5.69 Å². The molecular formula is C12H17N3O. The first kappa shape index (κ1) is 12.2. The highest BCUT2D eigenvalue weighted by molar-refractivity contribution is 5.82. The molecule has 0 radical (unpaired) electrons. The van der Waals surface area contributed by atoms with Crippen LogP contribution in [0.2, 0.25) is 0 Å². The van der Waals surface area contributed by atoms with Gasteiger partial charge < -0.3 is 4.90 Å². The fourth-order valence-corrected chi connectivity index (χ4v) is 1.12. The topological polar surface area (TPSA) is 44.7 Å². The number of benzene rings is 1. The molecule has 0 fully saturated rings. The Morgan fingerprint density at radius 2 is 2.00 bits per heavy atom. The standard InChI is InChI=1S/C12H17N3O/c1-4-12(16)14-13-9-10-5-7-11(8-6-10)15(2)3/h5-9H,4H2,1-3H3,(H,14,16)/b13-9-. The molecule has 0 aliphatic rings. The molecule has 4 heteroatoms. The summed E-state index contributed by atoms with van der Waals surface area (Å²) in [6.07, 6.45) is 2.07. The molecule has 1 aromatic carbocycles. The van der Waals surface area contributed by atoms with Gasteiger partial charge in [-0.2, -0.15) is 5.10 Å². The summed E-state index contributed by atoms with van der Waals surface area (Å²) < 4.78 is 0. The van der Waals surface area contributed by atoms with E-state index in [4.69, 9.17) is 0 Å². The molecule has 0 aromatic heterocycles. The average Bonchev–Trinajstić information content (AvgIpc) is 2.29. The third kappa shape index (κ3) is 3.73. The summed E-state index contributed by atoms with van der Waals surface area (Å²) >= 11 is 0. The number of hydrogen-bond acceptors (Lipinski definition) is 3. The molecule has 1 N–H and O–H groups in total. The summed E-state index contributed by atoms with van der Waals surface area (Å²) in [5.74, 6) is -0.0823. The number of hydrogen-bond donors (Lipinski definition) is 1. The Kier molecular flexibility index (Phi) is 4.51. The molecule has 0 aliphatic heterocycles. The van der Waals surface area contributed by atoms with Crippen molar-refractivity contribution in [2.24, 2.45) is 5.10 Å². The maximum atomic E-state index is 10.9. The first-order valence-electron chi connectivity index (χ1n) is 5.22. The van der Waals surface area contributed by atoms with Crippen molar-refractivity contribution in [3.63, 3.8) is 0 Å². The Bertz CT molecular complexity index is 368. The van der Waals surface area contributed by atoms with E-state index in [1.807, 2.05) is 43.3 Å². The highest BCUT2D eigenvalue weighted by atomic mass is 16.2. The van der Waals surface area contributed by atoms with Gasteiger partial charge in [-0.05, 0) is 17.7 Å². The molecule has 0 aliphatic carbocycles. The monoisotopic (exact) mass is 219 g/mol. The van der Waals surface area contributed by atoms with Gasteiger partial charge in [-0.15, -0.1) is 0 Å². The molecule has 0 heterocycles. The third-order valence-electron chi connectivity index (χ3n) is 2.13. The largest absolute Gasteiger partial charge is 0.378 e. The van der Waals surface area contributed by atoms with Crippen molar-refractivity contribution in [1.82, 2.24) is 5.43 Å². The van der Waals surface area contributed by atoms with Crippen LogP contribution in [0.5, 0.6) is 0 Å². The van der Waals surface area contributed by atoms with Crippen molar-refractivity contribution in [3.05, 3.63) is 29.8 Å². The summed E-state index contributed by atoms with van der Waals surface area (Å²) in [5.41, 5.74) is 4.53. The zero-order chi connectivity index (χ0) is 12.0. The van der Waals surface area contributed by atoms with Gasteiger partial charge in [0.15, 0.2) is 0 Å². The quantitative estimate of drug-likeness (QED) is 0.617. The van der Waals surface area contributed by atoms with Crippen molar-refractivity contribution < 1.29 is 4.79 Å². The molecule has 0 atom stereocenters. The second-order valence-corrected chi connectivity index (χ2v) is 3.63. The first-order valence-corrected chi connectivity index (χ1v) is 5.22. The highest BCUT2D eigenvalue weighted by Crippen LogP contribution is 2.10. The van der Waals surface area contributed by atoms with Gasteiger partial charge in [0.25, 0.3) is 0 Å². The smallest absolute Gasteiger partial charge is 0.239 e. The zero-order valence-corrected chi connectivity index (χ0v) is 9.90. The fourth-order valence-electron chi connectivity index (χ4n) is 1.12. The Labute approximate surface area is 96.0 Å². The van der Waals surface area contributed by atoms with Crippen LogP contribution in [0.1, 0.15) is 18.9 Å². The van der Waals surface area contributed by atoms with E-state index >= 15 is 0 Å². The van der Waals surface area contributed by atoms with E-state index in [0.717, 1.165) is 11.3 Å². The number of carbonyl (C=O) groups is 1. The minimum Gasteiger partial charge on any atom is -0.378 e. The van der Waals surface area contributed by atoms with Gasteiger partial charge in [-0.3, -0.25) is 4.79 Å². The van der Waals surface area contributed by atoms with Crippen LogP contribution < -0.4 is 10.3 Å². The van der Waals surface area contributed by atoms with Gasteiger partial charge in [-0.25, -0.2) is 5.43 Å². The van der Waals surface area contributed by atoms with Crippen molar-refractivity contribution in [1.29, 1.82) is 0 Å². The molecule has 0 saturated heterocycles. The van der Waals surface area contributed by atoms with Gasteiger partial charge in [-0.1, -0.05) is 19.1 Å². The third-order valence-corrected chi connectivity index (χ3v) is 2.13. The second-order valence-electron chi connectivity index (χ2n) is 3.63. The van der Waals surface area contributed by atoms with Crippen LogP contribution in [0, 0.1) is 0 Å². The normalized spacial score (nSPS) is 10.4. The van der Waals surface area contributed by atoms with E-state index < -0.39 is 0 Å². The van der Waals surface area contributed by atoms with E-state index in [2.05, 4.69) is 10.5 Å². The zero-order valence-electron chi connectivity index (χ0n) is 9.90. The van der Waals surface area contributed by atoms with Crippen molar-refractivity contribution in [2.45, 2.75) is 13.3 Å². The number of nitrogens with one attached hydrogen (secondary N) is 1. The van der Waals surface area contributed by atoms with Crippen molar-refractivity contribution in [3.8, 4) is 0 Å². The number of rotatable bonds is 4. The van der Waals surface area contributed by atoms with Gasteiger partial charge in [0.05, 0.1) is 6.21 Å². The lowest BCUT2D eigenvalue weighted by Crippen LogP contribution is -2.15. The fraction of sp³-hybridized carbons (Fsp3) is 0.333.